The molecule has 124 valence electrons. The topological polar surface area (TPSA) is 94.5 Å². The summed E-state index contributed by atoms with van der Waals surface area (Å²) in [6.45, 7) is 3.78. The van der Waals surface area contributed by atoms with Gasteiger partial charge in [0.15, 0.2) is 5.75 Å². The van der Waals surface area contributed by atoms with Gasteiger partial charge in [0, 0.05) is 24.5 Å². The molecule has 3 N–H and O–H groups in total. The number of benzene rings is 1. The van der Waals surface area contributed by atoms with Crippen LogP contribution >= 0.6 is 0 Å². The molecule has 2 rings (SSSR count). The largest absolute Gasteiger partial charge is 0.504 e. The second-order valence-corrected chi connectivity index (χ2v) is 5.57. The average Bonchev–Trinajstić information content (AvgIpc) is 2.50. The molecule has 1 aromatic carbocycles. The van der Waals surface area contributed by atoms with E-state index in [4.69, 9.17) is 10.5 Å². The Morgan fingerprint density at radius 3 is 2.70 bits per heavy atom. The number of pyridine rings is 1. The van der Waals surface area contributed by atoms with Gasteiger partial charge in [-0.15, -0.1) is 0 Å². The molecule has 6 nitrogen and oxygen atoms in total. The number of ether oxygens (including phenoxy) is 1. The number of unbranched alkanes of at least 4 members (excludes halogenated alkanes) is 3. The van der Waals surface area contributed by atoms with E-state index >= 15 is 0 Å². The first kappa shape index (κ1) is 16.9. The van der Waals surface area contributed by atoms with Gasteiger partial charge in [0.25, 0.3) is 5.56 Å². The number of carbonyl (C=O) groups is 1. The van der Waals surface area contributed by atoms with E-state index in [9.17, 15) is 14.7 Å². The lowest BCUT2D eigenvalue weighted by Gasteiger charge is -2.15. The van der Waals surface area contributed by atoms with E-state index in [0.29, 0.717) is 23.1 Å². The van der Waals surface area contributed by atoms with E-state index < -0.39 is 11.5 Å². The maximum Gasteiger partial charge on any atom is 0.308 e. The van der Waals surface area contributed by atoms with Gasteiger partial charge in [-0.1, -0.05) is 26.2 Å². The number of nitrogens with two attached hydrogens (primary N) is 1. The summed E-state index contributed by atoms with van der Waals surface area (Å²) in [5, 5.41) is 10.7. The van der Waals surface area contributed by atoms with Crippen LogP contribution in [0.15, 0.2) is 23.0 Å². The molecule has 1 aromatic heterocycles. The first-order chi connectivity index (χ1) is 11.0. The molecule has 0 fully saturated rings. The van der Waals surface area contributed by atoms with Gasteiger partial charge < -0.3 is 20.1 Å². The highest BCUT2D eigenvalue weighted by Crippen LogP contribution is 2.32. The Morgan fingerprint density at radius 2 is 2.04 bits per heavy atom. The maximum atomic E-state index is 12.6. The fraction of sp³-hybridized carbons (Fsp3) is 0.412. The molecule has 0 amide bonds. The zero-order valence-corrected chi connectivity index (χ0v) is 13.5. The summed E-state index contributed by atoms with van der Waals surface area (Å²) in [4.78, 5) is 23.8. The van der Waals surface area contributed by atoms with Gasteiger partial charge in [0.1, 0.15) is 0 Å². The third-order valence-electron chi connectivity index (χ3n) is 3.70. The Morgan fingerprint density at radius 1 is 1.30 bits per heavy atom. The quantitative estimate of drug-likeness (QED) is 0.485. The molecule has 0 unspecified atom stereocenters. The normalized spacial score (nSPS) is 10.9. The number of esters is 1. The van der Waals surface area contributed by atoms with E-state index in [1.54, 1.807) is 18.2 Å². The van der Waals surface area contributed by atoms with Gasteiger partial charge in [-0.3, -0.25) is 9.59 Å². The minimum atomic E-state index is -0.648. The van der Waals surface area contributed by atoms with E-state index in [-0.39, 0.29) is 11.5 Å². The van der Waals surface area contributed by atoms with Crippen LogP contribution in [0.25, 0.3) is 10.9 Å². The Bertz CT molecular complexity index is 780. The maximum absolute atomic E-state index is 12.6. The van der Waals surface area contributed by atoms with E-state index in [0.717, 1.165) is 25.7 Å². The van der Waals surface area contributed by atoms with Gasteiger partial charge in [0.05, 0.1) is 5.52 Å². The molecule has 0 bridgehead atoms. The Kier molecular flexibility index (Phi) is 5.26. The van der Waals surface area contributed by atoms with Crippen LogP contribution in [0.5, 0.6) is 11.5 Å². The molecule has 0 aliphatic heterocycles. The van der Waals surface area contributed by atoms with Gasteiger partial charge in [0.2, 0.25) is 5.75 Å². The molecule has 23 heavy (non-hydrogen) atoms. The molecule has 0 radical (unpaired) electrons. The van der Waals surface area contributed by atoms with Gasteiger partial charge >= 0.3 is 5.97 Å². The summed E-state index contributed by atoms with van der Waals surface area (Å²) < 4.78 is 6.44. The molecular weight excluding hydrogens is 296 g/mol. The molecule has 0 aliphatic carbocycles. The van der Waals surface area contributed by atoms with Crippen LogP contribution in [0.2, 0.25) is 0 Å². The SMILES string of the molecule is CCCCCCn1c(=O)c(OC(C)=O)c(O)c2ccc(N)cc21. The molecule has 1 heterocycles. The highest BCUT2D eigenvalue weighted by atomic mass is 16.5. The van der Waals surface area contributed by atoms with E-state index in [2.05, 4.69) is 6.92 Å². The van der Waals surface area contributed by atoms with Crippen molar-refractivity contribution in [2.24, 2.45) is 0 Å². The molecule has 0 aliphatic rings. The predicted octanol–water partition coefficient (Wildman–Crippen LogP) is 2.79. The zero-order valence-electron chi connectivity index (χ0n) is 13.5. The summed E-state index contributed by atoms with van der Waals surface area (Å²) >= 11 is 0. The van der Waals surface area contributed by atoms with Crippen molar-refractivity contribution in [2.75, 3.05) is 5.73 Å². The highest BCUT2D eigenvalue weighted by Gasteiger charge is 2.19. The second kappa shape index (κ2) is 7.17. The van der Waals surface area contributed by atoms with Crippen molar-refractivity contribution < 1.29 is 14.6 Å². The van der Waals surface area contributed by atoms with Crippen molar-refractivity contribution >= 4 is 22.6 Å². The van der Waals surface area contributed by atoms with Crippen molar-refractivity contribution in [1.82, 2.24) is 4.57 Å². The van der Waals surface area contributed by atoms with Gasteiger partial charge in [-0.25, -0.2) is 0 Å². The third-order valence-corrected chi connectivity index (χ3v) is 3.70. The molecule has 0 saturated carbocycles. The van der Waals surface area contributed by atoms with E-state index in [1.807, 2.05) is 0 Å². The lowest BCUT2D eigenvalue weighted by Crippen LogP contribution is -2.24. The highest BCUT2D eigenvalue weighted by molar-refractivity contribution is 5.90. The van der Waals surface area contributed by atoms with Crippen LogP contribution in [0.4, 0.5) is 5.69 Å². The van der Waals surface area contributed by atoms with Crippen LogP contribution in [-0.4, -0.2) is 15.6 Å². The number of nitrogens with zero attached hydrogens (tertiary/aromatic N) is 1. The van der Waals surface area contributed by atoms with Crippen LogP contribution in [0, 0.1) is 0 Å². The van der Waals surface area contributed by atoms with Crippen molar-refractivity contribution in [2.45, 2.75) is 46.1 Å². The van der Waals surface area contributed by atoms with Crippen molar-refractivity contribution in [3.8, 4) is 11.5 Å². The smallest absolute Gasteiger partial charge is 0.308 e. The minimum absolute atomic E-state index is 0.328. The second-order valence-electron chi connectivity index (χ2n) is 5.57. The standard InChI is InChI=1S/C17H22N2O4/c1-3-4-5-6-9-19-14-10-12(18)7-8-13(14)15(21)16(17(19)22)23-11(2)20/h7-8,10,21H,3-6,9,18H2,1-2H3. The fourth-order valence-electron chi connectivity index (χ4n) is 2.58. The fourth-order valence-corrected chi connectivity index (χ4v) is 2.58. The Hall–Kier alpha value is -2.50. The van der Waals surface area contributed by atoms with Crippen molar-refractivity contribution in [3.05, 3.63) is 28.6 Å². The molecule has 2 aromatic rings. The summed E-state index contributed by atoms with van der Waals surface area (Å²) in [7, 11) is 0. The Balaban J connectivity index is 2.58. The molecular formula is C17H22N2O4. The number of anilines is 1. The van der Waals surface area contributed by atoms with Crippen molar-refractivity contribution in [3.63, 3.8) is 0 Å². The third kappa shape index (κ3) is 3.64. The summed E-state index contributed by atoms with van der Waals surface area (Å²) in [5.74, 6) is -1.31. The summed E-state index contributed by atoms with van der Waals surface area (Å²) in [6, 6.07) is 4.90. The molecule has 0 spiro atoms. The number of hydrogen-bond acceptors (Lipinski definition) is 5. The summed E-state index contributed by atoms with van der Waals surface area (Å²) in [5.41, 5.74) is 6.33. The first-order valence-electron chi connectivity index (χ1n) is 7.79. The van der Waals surface area contributed by atoms with Crippen LogP contribution < -0.4 is 16.0 Å². The van der Waals surface area contributed by atoms with Crippen molar-refractivity contribution in [1.29, 1.82) is 0 Å². The number of aromatic nitrogens is 1. The average molecular weight is 318 g/mol. The number of nitrogen functional groups attached to an aromatic ring is 1. The molecule has 0 saturated heterocycles. The zero-order chi connectivity index (χ0) is 17.0. The van der Waals surface area contributed by atoms with Gasteiger partial charge in [-0.05, 0) is 24.6 Å². The van der Waals surface area contributed by atoms with E-state index in [1.165, 1.54) is 11.5 Å². The van der Waals surface area contributed by atoms with Crippen LogP contribution in [0.3, 0.4) is 0 Å². The molecule has 0 atom stereocenters. The predicted molar refractivity (Wildman–Crippen MR) is 89.7 cm³/mol. The summed E-state index contributed by atoms with van der Waals surface area (Å²) in [6.07, 6.45) is 4.00. The number of carbonyl (C=O) groups excluding carboxylic acids is 1. The molecule has 6 heteroatoms. The van der Waals surface area contributed by atoms with Crippen LogP contribution in [-0.2, 0) is 11.3 Å². The monoisotopic (exact) mass is 318 g/mol. The number of fused-ring (bicyclic) bond motifs is 1. The number of rotatable bonds is 6. The minimum Gasteiger partial charge on any atom is -0.504 e. The Labute approximate surface area is 134 Å². The first-order valence-corrected chi connectivity index (χ1v) is 7.79. The van der Waals surface area contributed by atoms with Crippen LogP contribution in [0.1, 0.15) is 39.5 Å². The number of aromatic hydroxyl groups is 1. The lowest BCUT2D eigenvalue weighted by atomic mass is 10.1. The number of aryl methyl sites for hydroxylation is 1. The number of hydrogen-bond donors (Lipinski definition) is 2. The van der Waals surface area contributed by atoms with Gasteiger partial charge in [-0.2, -0.15) is 0 Å². The lowest BCUT2D eigenvalue weighted by molar-refractivity contribution is -0.132.